The van der Waals surface area contributed by atoms with Crippen LogP contribution < -0.4 is 16.8 Å². The number of carbonyl (C=O) groups is 1. The number of hydrogen-bond donors (Lipinski definition) is 3. The van der Waals surface area contributed by atoms with Crippen LogP contribution in [0.25, 0.3) is 0 Å². The van der Waals surface area contributed by atoms with E-state index in [4.69, 9.17) is 16.7 Å². The van der Waals surface area contributed by atoms with E-state index in [1.807, 2.05) is 6.07 Å². The molecule has 5 N–H and O–H groups in total. The van der Waals surface area contributed by atoms with Gasteiger partial charge in [0.05, 0.1) is 28.6 Å². The number of anilines is 3. The van der Waals surface area contributed by atoms with Gasteiger partial charge in [-0.3, -0.25) is 4.79 Å². The molecular weight excluding hydrogens is 240 g/mol. The Balaban J connectivity index is 2.26. The van der Waals surface area contributed by atoms with Crippen molar-refractivity contribution >= 4 is 23.0 Å². The van der Waals surface area contributed by atoms with Gasteiger partial charge < -0.3 is 16.8 Å². The van der Waals surface area contributed by atoms with Crippen LogP contribution in [-0.4, -0.2) is 5.91 Å². The minimum atomic E-state index is -0.361. The van der Waals surface area contributed by atoms with E-state index in [0.717, 1.165) is 0 Å². The molecule has 0 unspecified atom stereocenters. The monoisotopic (exact) mass is 252 g/mol. The van der Waals surface area contributed by atoms with Gasteiger partial charge in [0.25, 0.3) is 5.91 Å². The number of hydrogen-bond acceptors (Lipinski definition) is 4. The van der Waals surface area contributed by atoms with Gasteiger partial charge in [0, 0.05) is 5.69 Å². The molecule has 0 atom stereocenters. The number of nitrogens with zero attached hydrogens (tertiary/aromatic N) is 1. The van der Waals surface area contributed by atoms with Crippen LogP contribution in [-0.2, 0) is 0 Å². The summed E-state index contributed by atoms with van der Waals surface area (Å²) in [5.41, 5.74) is 13.3. The molecule has 0 aliphatic heterocycles. The lowest BCUT2D eigenvalue weighted by molar-refractivity contribution is 0.102. The second kappa shape index (κ2) is 5.10. The van der Waals surface area contributed by atoms with E-state index in [1.54, 1.807) is 42.5 Å². The summed E-state index contributed by atoms with van der Waals surface area (Å²) >= 11 is 0. The molecule has 94 valence electrons. The number of nitrogen functional groups attached to an aromatic ring is 2. The number of nitriles is 1. The normalized spacial score (nSPS) is 9.63. The highest BCUT2D eigenvalue weighted by atomic mass is 16.1. The molecule has 5 nitrogen and oxygen atoms in total. The Labute approximate surface area is 110 Å². The molecule has 1 amide bonds. The van der Waals surface area contributed by atoms with E-state index in [-0.39, 0.29) is 11.6 Å². The van der Waals surface area contributed by atoms with Crippen LogP contribution in [0, 0.1) is 11.3 Å². The molecule has 0 spiro atoms. The van der Waals surface area contributed by atoms with Crippen molar-refractivity contribution in [3.05, 3.63) is 53.6 Å². The average Bonchev–Trinajstić information content (AvgIpc) is 2.42. The number of benzene rings is 2. The predicted octanol–water partition coefficient (Wildman–Crippen LogP) is 1.97. The van der Waals surface area contributed by atoms with Gasteiger partial charge in [0.2, 0.25) is 0 Å². The fourth-order valence-electron chi connectivity index (χ4n) is 1.65. The second-order valence-corrected chi connectivity index (χ2v) is 3.96. The van der Waals surface area contributed by atoms with Gasteiger partial charge in [-0.2, -0.15) is 5.26 Å². The van der Waals surface area contributed by atoms with Gasteiger partial charge in [0.1, 0.15) is 0 Å². The quantitative estimate of drug-likeness (QED) is 0.710. The van der Waals surface area contributed by atoms with E-state index in [1.165, 1.54) is 0 Å². The molecule has 2 rings (SSSR count). The maximum atomic E-state index is 12.1. The largest absolute Gasteiger partial charge is 0.397 e. The van der Waals surface area contributed by atoms with Crippen LogP contribution in [0.3, 0.4) is 0 Å². The molecule has 0 aliphatic rings. The Morgan fingerprint density at radius 1 is 1.16 bits per heavy atom. The third-order valence-electron chi connectivity index (χ3n) is 2.63. The topological polar surface area (TPSA) is 105 Å². The first-order chi connectivity index (χ1) is 9.11. The van der Waals surface area contributed by atoms with Crippen molar-refractivity contribution in [2.24, 2.45) is 0 Å². The van der Waals surface area contributed by atoms with Crippen LogP contribution in [0.1, 0.15) is 15.9 Å². The van der Waals surface area contributed by atoms with Crippen molar-refractivity contribution in [1.29, 1.82) is 5.26 Å². The number of amides is 1. The molecule has 0 bridgehead atoms. The number of nitrogens with two attached hydrogens (primary N) is 2. The highest BCUT2D eigenvalue weighted by molar-refractivity contribution is 6.09. The number of para-hydroxylation sites is 1. The summed E-state index contributed by atoms with van der Waals surface area (Å²) in [7, 11) is 0. The minimum absolute atomic E-state index is 0.247. The molecule has 2 aromatic carbocycles. The van der Waals surface area contributed by atoms with Gasteiger partial charge in [-0.25, -0.2) is 0 Å². The summed E-state index contributed by atoms with van der Waals surface area (Å²) in [6.45, 7) is 0. The van der Waals surface area contributed by atoms with Crippen molar-refractivity contribution < 1.29 is 4.79 Å². The van der Waals surface area contributed by atoms with Crippen LogP contribution >= 0.6 is 0 Å². The first-order valence-corrected chi connectivity index (χ1v) is 5.57. The van der Waals surface area contributed by atoms with Gasteiger partial charge in [-0.05, 0) is 30.3 Å². The van der Waals surface area contributed by atoms with Crippen molar-refractivity contribution in [2.75, 3.05) is 16.8 Å². The first-order valence-electron chi connectivity index (χ1n) is 5.57. The molecule has 19 heavy (non-hydrogen) atoms. The summed E-state index contributed by atoms with van der Waals surface area (Å²) in [6.07, 6.45) is 0. The fourth-order valence-corrected chi connectivity index (χ4v) is 1.65. The smallest absolute Gasteiger partial charge is 0.257 e. The molecule has 0 aliphatic carbocycles. The Morgan fingerprint density at radius 2 is 1.89 bits per heavy atom. The molecule has 0 radical (unpaired) electrons. The molecule has 0 saturated heterocycles. The molecule has 0 saturated carbocycles. The molecular formula is C14H12N4O. The minimum Gasteiger partial charge on any atom is -0.397 e. The van der Waals surface area contributed by atoms with Gasteiger partial charge in [0.15, 0.2) is 0 Å². The third kappa shape index (κ3) is 2.64. The molecule has 2 aromatic rings. The lowest BCUT2D eigenvalue weighted by atomic mass is 10.1. The number of nitrogens with one attached hydrogen (secondary N) is 1. The van der Waals surface area contributed by atoms with Gasteiger partial charge >= 0.3 is 0 Å². The highest BCUT2D eigenvalue weighted by Crippen LogP contribution is 2.21. The Bertz CT molecular complexity index is 673. The summed E-state index contributed by atoms with van der Waals surface area (Å²) in [5.74, 6) is -0.361. The lowest BCUT2D eigenvalue weighted by Gasteiger charge is -2.09. The van der Waals surface area contributed by atoms with Gasteiger partial charge in [-0.1, -0.05) is 12.1 Å². The summed E-state index contributed by atoms with van der Waals surface area (Å²) in [5, 5.41) is 11.5. The Kier molecular flexibility index (Phi) is 3.35. The fraction of sp³-hybridized carbons (Fsp3) is 0. The van der Waals surface area contributed by atoms with Crippen LogP contribution in [0.15, 0.2) is 42.5 Å². The van der Waals surface area contributed by atoms with Crippen LogP contribution in [0.2, 0.25) is 0 Å². The van der Waals surface area contributed by atoms with E-state index < -0.39 is 0 Å². The third-order valence-corrected chi connectivity index (χ3v) is 2.63. The zero-order valence-electron chi connectivity index (χ0n) is 10.1. The summed E-state index contributed by atoms with van der Waals surface area (Å²) < 4.78 is 0. The van der Waals surface area contributed by atoms with Crippen molar-refractivity contribution in [2.45, 2.75) is 0 Å². The van der Waals surface area contributed by atoms with E-state index in [0.29, 0.717) is 22.5 Å². The molecule has 5 heteroatoms. The zero-order chi connectivity index (χ0) is 13.8. The number of rotatable bonds is 2. The van der Waals surface area contributed by atoms with Gasteiger partial charge in [-0.15, -0.1) is 0 Å². The summed E-state index contributed by atoms with van der Waals surface area (Å²) in [4.78, 5) is 12.1. The SMILES string of the molecule is N#Cc1cccc(NC(=O)c2cccc(N)c2N)c1. The zero-order valence-corrected chi connectivity index (χ0v) is 10.1. The van der Waals surface area contributed by atoms with Crippen molar-refractivity contribution in [3.63, 3.8) is 0 Å². The second-order valence-electron chi connectivity index (χ2n) is 3.96. The van der Waals surface area contributed by atoms with Crippen molar-refractivity contribution in [1.82, 2.24) is 0 Å². The van der Waals surface area contributed by atoms with Crippen LogP contribution in [0.5, 0.6) is 0 Å². The van der Waals surface area contributed by atoms with E-state index in [9.17, 15) is 4.79 Å². The van der Waals surface area contributed by atoms with Crippen LogP contribution in [0.4, 0.5) is 17.1 Å². The molecule has 0 heterocycles. The summed E-state index contributed by atoms with van der Waals surface area (Å²) in [6, 6.07) is 13.5. The highest BCUT2D eigenvalue weighted by Gasteiger charge is 2.11. The molecule has 0 fully saturated rings. The molecule has 0 aromatic heterocycles. The Morgan fingerprint density at radius 3 is 2.63 bits per heavy atom. The van der Waals surface area contributed by atoms with Crippen molar-refractivity contribution in [3.8, 4) is 6.07 Å². The van der Waals surface area contributed by atoms with E-state index >= 15 is 0 Å². The first kappa shape index (κ1) is 12.5. The Hall–Kier alpha value is -3.00. The lowest BCUT2D eigenvalue weighted by Crippen LogP contribution is -2.14. The average molecular weight is 252 g/mol. The maximum Gasteiger partial charge on any atom is 0.257 e. The standard InChI is InChI=1S/C14H12N4O/c15-8-9-3-1-4-10(7-9)18-14(19)11-5-2-6-12(16)13(11)17/h1-7H,16-17H2,(H,18,19). The number of carbonyl (C=O) groups excluding carboxylic acids is 1. The maximum absolute atomic E-state index is 12.1. The predicted molar refractivity (Wildman–Crippen MR) is 74.4 cm³/mol. The van der Waals surface area contributed by atoms with E-state index in [2.05, 4.69) is 5.32 Å².